The lowest BCUT2D eigenvalue weighted by Gasteiger charge is -2.30. The lowest BCUT2D eigenvalue weighted by Crippen LogP contribution is -2.53. The maximum atomic E-state index is 4.56. The molecule has 0 saturated heterocycles. The highest BCUT2D eigenvalue weighted by Gasteiger charge is 2.43. The van der Waals surface area contributed by atoms with Crippen molar-refractivity contribution in [3.63, 3.8) is 0 Å². The summed E-state index contributed by atoms with van der Waals surface area (Å²) in [4.78, 5) is 14.0. The van der Waals surface area contributed by atoms with Gasteiger partial charge in [-0.05, 0) is 84.3 Å². The van der Waals surface area contributed by atoms with Gasteiger partial charge in [-0.1, -0.05) is 78.9 Å². The molecule has 0 bridgehead atoms. The summed E-state index contributed by atoms with van der Waals surface area (Å²) >= 11 is 0. The van der Waals surface area contributed by atoms with E-state index in [0.29, 0.717) is 0 Å². The summed E-state index contributed by atoms with van der Waals surface area (Å²) in [6.45, 7) is -0.0748. The van der Waals surface area contributed by atoms with E-state index in [1.165, 1.54) is 22.2 Å². The molecule has 0 spiro atoms. The van der Waals surface area contributed by atoms with Crippen molar-refractivity contribution in [2.75, 3.05) is 9.62 Å². The molecule has 0 unspecified atom stereocenters. The molecular formula is C40H28BN5. The van der Waals surface area contributed by atoms with Gasteiger partial charge in [0, 0.05) is 45.8 Å². The number of para-hydroxylation sites is 4. The molecular weight excluding hydrogens is 561 g/mol. The number of hydrogen-bond donors (Lipinski definition) is 0. The third-order valence-electron chi connectivity index (χ3n) is 8.89. The van der Waals surface area contributed by atoms with E-state index in [-0.39, 0.29) is 6.98 Å². The van der Waals surface area contributed by atoms with Crippen molar-refractivity contribution in [1.29, 1.82) is 0 Å². The Balaban J connectivity index is 1.30. The molecule has 0 atom stereocenters. The molecule has 2 aromatic heterocycles. The molecule has 1 aliphatic heterocycles. The van der Waals surface area contributed by atoms with Crippen LogP contribution in [0.25, 0.3) is 38.9 Å². The summed E-state index contributed by atoms with van der Waals surface area (Å²) in [6, 6.07) is 56.1. The zero-order valence-corrected chi connectivity index (χ0v) is 25.0. The molecule has 46 heavy (non-hydrogen) atoms. The Hall–Kier alpha value is -6.14. The second-order valence-electron chi connectivity index (χ2n) is 11.5. The van der Waals surface area contributed by atoms with Crippen LogP contribution >= 0.6 is 0 Å². The van der Waals surface area contributed by atoms with Gasteiger partial charge in [-0.3, -0.25) is 0 Å². The molecule has 0 amide bonds. The van der Waals surface area contributed by atoms with E-state index >= 15 is 0 Å². The largest absolute Gasteiger partial charge is 0.420 e. The molecule has 3 heterocycles. The molecule has 216 valence electrons. The number of aromatic nitrogens is 3. The first-order valence-electron chi connectivity index (χ1n) is 15.5. The van der Waals surface area contributed by atoms with E-state index in [1.54, 1.807) is 12.4 Å². The zero-order valence-electron chi connectivity index (χ0n) is 25.0. The van der Waals surface area contributed by atoms with Gasteiger partial charge in [0.25, 0.3) is 0 Å². The van der Waals surface area contributed by atoms with Crippen molar-refractivity contribution < 1.29 is 0 Å². The van der Waals surface area contributed by atoms with Crippen molar-refractivity contribution in [2.45, 2.75) is 0 Å². The van der Waals surface area contributed by atoms with Crippen LogP contribution in [-0.2, 0) is 0 Å². The summed E-state index contributed by atoms with van der Waals surface area (Å²) in [5, 5.41) is 2.34. The minimum atomic E-state index is -0.0748. The first kappa shape index (κ1) is 26.3. The first-order valence-corrected chi connectivity index (χ1v) is 15.5. The Kier molecular flexibility index (Phi) is 6.16. The zero-order chi connectivity index (χ0) is 30.5. The fourth-order valence-electron chi connectivity index (χ4n) is 6.93. The van der Waals surface area contributed by atoms with Crippen LogP contribution in [0.2, 0.25) is 0 Å². The fourth-order valence-corrected chi connectivity index (χ4v) is 6.93. The van der Waals surface area contributed by atoms with E-state index in [9.17, 15) is 0 Å². The first-order chi connectivity index (χ1) is 22.8. The van der Waals surface area contributed by atoms with Gasteiger partial charge in [0.2, 0.25) is 0 Å². The lowest BCUT2D eigenvalue weighted by molar-refractivity contribution is 1.17. The molecule has 8 aromatic rings. The summed E-state index contributed by atoms with van der Waals surface area (Å²) < 4.78 is 2.35. The van der Waals surface area contributed by atoms with Crippen LogP contribution in [0, 0.1) is 0 Å². The highest BCUT2D eigenvalue weighted by Crippen LogP contribution is 2.47. The van der Waals surface area contributed by atoms with Crippen LogP contribution in [-0.4, -0.2) is 21.5 Å². The number of benzene rings is 6. The van der Waals surface area contributed by atoms with Gasteiger partial charge in [0.1, 0.15) is 0 Å². The van der Waals surface area contributed by atoms with Crippen molar-refractivity contribution in [3.05, 3.63) is 170 Å². The maximum Gasteiger partial charge on any atom is 0.420 e. The van der Waals surface area contributed by atoms with Crippen LogP contribution in [0.15, 0.2) is 170 Å². The topological polar surface area (TPSA) is 37.2 Å². The minimum Gasteiger partial charge on any atom is -0.360 e. The summed E-state index contributed by atoms with van der Waals surface area (Å²) in [6.07, 6.45) is 3.59. The van der Waals surface area contributed by atoms with E-state index in [2.05, 4.69) is 176 Å². The van der Waals surface area contributed by atoms with Crippen molar-refractivity contribution >= 4 is 57.0 Å². The van der Waals surface area contributed by atoms with Gasteiger partial charge in [0.05, 0.1) is 22.4 Å². The van der Waals surface area contributed by atoms with Crippen LogP contribution in [0.1, 0.15) is 0 Å². The van der Waals surface area contributed by atoms with Crippen molar-refractivity contribution in [1.82, 2.24) is 14.5 Å². The molecule has 0 fully saturated rings. The number of rotatable bonds is 5. The third-order valence-corrected chi connectivity index (χ3v) is 8.89. The number of hydrogen-bond acceptors (Lipinski definition) is 4. The minimum absolute atomic E-state index is 0.0748. The molecule has 6 heteroatoms. The van der Waals surface area contributed by atoms with E-state index in [1.807, 2.05) is 6.07 Å². The van der Waals surface area contributed by atoms with Crippen LogP contribution < -0.4 is 15.1 Å². The third kappa shape index (κ3) is 4.19. The van der Waals surface area contributed by atoms with E-state index in [0.717, 1.165) is 44.9 Å². The predicted octanol–water partition coefficient (Wildman–Crippen LogP) is 8.93. The van der Waals surface area contributed by atoms with Gasteiger partial charge in [-0.2, -0.15) is 0 Å². The van der Waals surface area contributed by atoms with Gasteiger partial charge >= 0.3 is 6.98 Å². The molecule has 0 aliphatic carbocycles. The average Bonchev–Trinajstić information content (AvgIpc) is 3.66. The summed E-state index contributed by atoms with van der Waals surface area (Å²) in [5.74, 6) is 0.720. The standard InChI is InChI=1S/C40H28BN5/c1-4-13-30(14-5-1)41-45(32-17-8-3-9-18-32)38-19-10-11-20-39(38)46(41)33-22-24-37-35(28-33)34-27-29(40-42-25-12-26-43-40)21-23-36(34)44(37)31-15-6-2-7-16-31/h1-28H. The second-order valence-corrected chi connectivity index (χ2v) is 11.5. The van der Waals surface area contributed by atoms with Gasteiger partial charge in [-0.15, -0.1) is 0 Å². The molecule has 6 aromatic carbocycles. The quantitative estimate of drug-likeness (QED) is 0.188. The molecule has 9 rings (SSSR count). The van der Waals surface area contributed by atoms with Gasteiger partial charge in [0.15, 0.2) is 5.82 Å². The predicted molar refractivity (Wildman–Crippen MR) is 191 cm³/mol. The van der Waals surface area contributed by atoms with Crippen molar-refractivity contribution in [2.24, 2.45) is 0 Å². The Bertz CT molecular complexity index is 2320. The van der Waals surface area contributed by atoms with Crippen LogP contribution in [0.5, 0.6) is 0 Å². The lowest BCUT2D eigenvalue weighted by atomic mass is 9.64. The molecule has 0 radical (unpaired) electrons. The molecule has 1 aliphatic rings. The normalized spacial score (nSPS) is 12.7. The smallest absolute Gasteiger partial charge is 0.360 e. The number of fused-ring (bicyclic) bond motifs is 4. The Labute approximate surface area is 267 Å². The van der Waals surface area contributed by atoms with Crippen molar-refractivity contribution in [3.8, 4) is 17.1 Å². The Morgan fingerprint density at radius 2 is 0.978 bits per heavy atom. The number of anilines is 4. The summed E-state index contributed by atoms with van der Waals surface area (Å²) in [5.41, 5.74) is 10.3. The SMILES string of the molecule is c1ccc(B2N(c3ccccc3)c3ccccc3N2c2ccc3c(c2)c2cc(-c4ncccn4)ccc2n3-c2ccccc2)cc1. The average molecular weight is 590 g/mol. The monoisotopic (exact) mass is 589 g/mol. The van der Waals surface area contributed by atoms with Gasteiger partial charge < -0.3 is 14.2 Å². The van der Waals surface area contributed by atoms with E-state index in [4.69, 9.17) is 0 Å². The highest BCUT2D eigenvalue weighted by molar-refractivity contribution is 6.84. The molecule has 5 nitrogen and oxygen atoms in total. The van der Waals surface area contributed by atoms with Gasteiger partial charge in [-0.25, -0.2) is 9.97 Å². The fraction of sp³-hybridized carbons (Fsp3) is 0. The van der Waals surface area contributed by atoms with Crippen LogP contribution in [0.3, 0.4) is 0 Å². The maximum absolute atomic E-state index is 4.56. The second kappa shape index (κ2) is 10.8. The Morgan fingerprint density at radius 1 is 0.435 bits per heavy atom. The van der Waals surface area contributed by atoms with E-state index < -0.39 is 0 Å². The molecule has 0 saturated carbocycles. The molecule has 0 N–H and O–H groups in total. The summed E-state index contributed by atoms with van der Waals surface area (Å²) in [7, 11) is 0. The highest BCUT2D eigenvalue weighted by atomic mass is 15.3. The Morgan fingerprint density at radius 3 is 1.65 bits per heavy atom. The van der Waals surface area contributed by atoms with Crippen LogP contribution in [0.4, 0.5) is 22.7 Å². The number of nitrogens with zero attached hydrogens (tertiary/aromatic N) is 5.